The van der Waals surface area contributed by atoms with Crippen LogP contribution in [0.5, 0.6) is 0 Å². The predicted molar refractivity (Wildman–Crippen MR) is 72.1 cm³/mol. The van der Waals surface area contributed by atoms with Gasteiger partial charge in [0.1, 0.15) is 0 Å². The number of ether oxygens (including phenoxy) is 1. The van der Waals surface area contributed by atoms with E-state index in [0.717, 1.165) is 24.9 Å². The van der Waals surface area contributed by atoms with Gasteiger partial charge in [-0.3, -0.25) is 0 Å². The van der Waals surface area contributed by atoms with Crippen molar-refractivity contribution in [3.8, 4) is 0 Å². The van der Waals surface area contributed by atoms with Gasteiger partial charge in [0.2, 0.25) is 0 Å². The van der Waals surface area contributed by atoms with Gasteiger partial charge in [-0.15, -0.1) is 0 Å². The first kappa shape index (κ1) is 12.8. The molecule has 16 heavy (non-hydrogen) atoms. The molecule has 2 aliphatic carbocycles. The molecule has 0 aromatic carbocycles. The highest BCUT2D eigenvalue weighted by atomic mass is 32.1. The molecule has 2 saturated carbocycles. The molecule has 0 atom stereocenters. The molecule has 0 bridgehead atoms. The predicted octanol–water partition coefficient (Wildman–Crippen LogP) is 4.07. The Morgan fingerprint density at radius 2 is 1.69 bits per heavy atom. The van der Waals surface area contributed by atoms with Crippen LogP contribution < -0.4 is 0 Å². The van der Waals surface area contributed by atoms with Crippen LogP contribution in [0, 0.1) is 11.3 Å². The molecule has 0 saturated heterocycles. The van der Waals surface area contributed by atoms with E-state index in [4.69, 9.17) is 4.74 Å². The Hall–Kier alpha value is 0.310. The largest absolute Gasteiger partial charge is 0.381 e. The molecule has 0 spiro atoms. The molecular formula is C14H26OS. The number of rotatable bonds is 5. The van der Waals surface area contributed by atoms with Gasteiger partial charge in [0, 0.05) is 12.0 Å². The fraction of sp³-hybridized carbons (Fsp3) is 1.00. The van der Waals surface area contributed by atoms with Gasteiger partial charge in [-0.1, -0.05) is 32.1 Å². The third-order valence-corrected chi connectivity index (χ3v) is 5.16. The lowest BCUT2D eigenvalue weighted by molar-refractivity contribution is 0.0182. The van der Waals surface area contributed by atoms with E-state index in [9.17, 15) is 0 Å². The standard InChI is InChI=1S/C14H26OS/c16-12-14(8-4-1-5-9-14)11-15-10-13-6-2-3-7-13/h13,16H,1-12H2. The lowest BCUT2D eigenvalue weighted by atomic mass is 9.76. The maximum Gasteiger partial charge on any atom is 0.0530 e. The molecule has 1 nitrogen and oxygen atoms in total. The molecule has 2 fully saturated rings. The SMILES string of the molecule is SCC1(COCC2CCCC2)CCCCC1. The molecule has 2 heteroatoms. The summed E-state index contributed by atoms with van der Waals surface area (Å²) in [6, 6.07) is 0. The molecule has 0 amide bonds. The third kappa shape index (κ3) is 3.40. The van der Waals surface area contributed by atoms with Gasteiger partial charge in [-0.2, -0.15) is 12.6 Å². The molecule has 0 heterocycles. The highest BCUT2D eigenvalue weighted by molar-refractivity contribution is 7.80. The van der Waals surface area contributed by atoms with Crippen molar-refractivity contribution in [2.45, 2.75) is 57.8 Å². The first-order valence-electron chi connectivity index (χ1n) is 7.03. The van der Waals surface area contributed by atoms with E-state index in [1.165, 1.54) is 57.8 Å². The topological polar surface area (TPSA) is 9.23 Å². The van der Waals surface area contributed by atoms with E-state index >= 15 is 0 Å². The zero-order valence-corrected chi connectivity index (χ0v) is 11.3. The maximum atomic E-state index is 6.00. The second-order valence-corrected chi connectivity index (χ2v) is 6.20. The molecule has 0 N–H and O–H groups in total. The van der Waals surface area contributed by atoms with Crippen molar-refractivity contribution in [1.29, 1.82) is 0 Å². The summed E-state index contributed by atoms with van der Waals surface area (Å²) in [6.07, 6.45) is 12.5. The monoisotopic (exact) mass is 242 g/mol. The van der Waals surface area contributed by atoms with E-state index in [-0.39, 0.29) is 0 Å². The van der Waals surface area contributed by atoms with Gasteiger partial charge >= 0.3 is 0 Å². The van der Waals surface area contributed by atoms with Crippen LogP contribution >= 0.6 is 12.6 Å². The Bertz CT molecular complexity index is 193. The fourth-order valence-corrected chi connectivity index (χ4v) is 3.68. The quantitative estimate of drug-likeness (QED) is 0.715. The third-order valence-electron chi connectivity index (χ3n) is 4.49. The molecule has 94 valence electrons. The van der Waals surface area contributed by atoms with Crippen LogP contribution in [0.3, 0.4) is 0 Å². The molecular weight excluding hydrogens is 216 g/mol. The van der Waals surface area contributed by atoms with Gasteiger partial charge in [0.05, 0.1) is 6.61 Å². The van der Waals surface area contributed by atoms with Crippen LogP contribution in [0.2, 0.25) is 0 Å². The summed E-state index contributed by atoms with van der Waals surface area (Å²) in [5, 5.41) is 0. The summed E-state index contributed by atoms with van der Waals surface area (Å²) in [7, 11) is 0. The summed E-state index contributed by atoms with van der Waals surface area (Å²) >= 11 is 4.55. The Kier molecular flexibility index (Phi) is 5.02. The fourth-order valence-electron chi connectivity index (χ4n) is 3.27. The average molecular weight is 242 g/mol. The molecule has 2 rings (SSSR count). The van der Waals surface area contributed by atoms with E-state index in [2.05, 4.69) is 12.6 Å². The normalized spacial score (nSPS) is 26.1. The minimum atomic E-state index is 0.417. The van der Waals surface area contributed by atoms with Crippen LogP contribution in [0.25, 0.3) is 0 Å². The highest BCUT2D eigenvalue weighted by Crippen LogP contribution is 2.37. The second kappa shape index (κ2) is 6.30. The van der Waals surface area contributed by atoms with Crippen LogP contribution in [0.4, 0.5) is 0 Å². The summed E-state index contributed by atoms with van der Waals surface area (Å²) < 4.78 is 6.00. The Morgan fingerprint density at radius 3 is 2.31 bits per heavy atom. The Morgan fingerprint density at radius 1 is 1.00 bits per heavy atom. The van der Waals surface area contributed by atoms with Crippen molar-refractivity contribution in [1.82, 2.24) is 0 Å². The molecule has 0 aromatic heterocycles. The lowest BCUT2D eigenvalue weighted by Crippen LogP contribution is -2.32. The number of hydrogen-bond acceptors (Lipinski definition) is 2. The van der Waals surface area contributed by atoms with Gasteiger partial charge in [-0.25, -0.2) is 0 Å². The minimum absolute atomic E-state index is 0.417. The summed E-state index contributed by atoms with van der Waals surface area (Å²) in [4.78, 5) is 0. The van der Waals surface area contributed by atoms with Crippen molar-refractivity contribution in [2.75, 3.05) is 19.0 Å². The van der Waals surface area contributed by atoms with Crippen LogP contribution in [-0.2, 0) is 4.74 Å². The molecule has 0 aliphatic heterocycles. The van der Waals surface area contributed by atoms with Crippen molar-refractivity contribution >= 4 is 12.6 Å². The van der Waals surface area contributed by atoms with E-state index in [1.807, 2.05) is 0 Å². The number of thiol groups is 1. The van der Waals surface area contributed by atoms with Gasteiger partial charge in [0.15, 0.2) is 0 Å². The molecule has 2 aliphatic rings. The highest BCUT2D eigenvalue weighted by Gasteiger charge is 2.31. The zero-order valence-electron chi connectivity index (χ0n) is 10.4. The number of hydrogen-bond donors (Lipinski definition) is 1. The van der Waals surface area contributed by atoms with Crippen LogP contribution in [0.15, 0.2) is 0 Å². The summed E-state index contributed by atoms with van der Waals surface area (Å²) in [5.74, 6) is 1.87. The van der Waals surface area contributed by atoms with Crippen molar-refractivity contribution < 1.29 is 4.74 Å². The van der Waals surface area contributed by atoms with Gasteiger partial charge in [0.25, 0.3) is 0 Å². The van der Waals surface area contributed by atoms with Crippen LogP contribution in [-0.4, -0.2) is 19.0 Å². The molecule has 0 unspecified atom stereocenters. The minimum Gasteiger partial charge on any atom is -0.381 e. The smallest absolute Gasteiger partial charge is 0.0530 e. The van der Waals surface area contributed by atoms with Crippen molar-refractivity contribution in [3.05, 3.63) is 0 Å². The van der Waals surface area contributed by atoms with E-state index < -0.39 is 0 Å². The first-order chi connectivity index (χ1) is 7.85. The molecule has 0 radical (unpaired) electrons. The maximum absolute atomic E-state index is 6.00. The van der Waals surface area contributed by atoms with Crippen molar-refractivity contribution in [2.24, 2.45) is 11.3 Å². The zero-order chi connectivity index (χ0) is 11.3. The average Bonchev–Trinajstić information content (AvgIpc) is 2.83. The van der Waals surface area contributed by atoms with E-state index in [0.29, 0.717) is 5.41 Å². The Labute approximate surface area is 106 Å². The first-order valence-corrected chi connectivity index (χ1v) is 7.66. The summed E-state index contributed by atoms with van der Waals surface area (Å²) in [6.45, 7) is 1.97. The summed E-state index contributed by atoms with van der Waals surface area (Å²) in [5.41, 5.74) is 0.417. The van der Waals surface area contributed by atoms with Crippen LogP contribution in [0.1, 0.15) is 57.8 Å². The Balaban J connectivity index is 1.69. The second-order valence-electron chi connectivity index (χ2n) is 5.88. The lowest BCUT2D eigenvalue weighted by Gasteiger charge is -2.36. The molecule has 0 aromatic rings. The van der Waals surface area contributed by atoms with Gasteiger partial charge < -0.3 is 4.74 Å². The van der Waals surface area contributed by atoms with Gasteiger partial charge in [-0.05, 0) is 37.4 Å². The van der Waals surface area contributed by atoms with Crippen molar-refractivity contribution in [3.63, 3.8) is 0 Å². The van der Waals surface area contributed by atoms with E-state index in [1.54, 1.807) is 0 Å².